The van der Waals surface area contributed by atoms with Gasteiger partial charge >= 0.3 is 0 Å². The van der Waals surface area contributed by atoms with Crippen molar-refractivity contribution in [3.8, 4) is 5.75 Å². The van der Waals surface area contributed by atoms with E-state index in [2.05, 4.69) is 26.3 Å². The minimum absolute atomic E-state index is 0.796. The number of imidazole rings is 1. The topological polar surface area (TPSA) is 62.8 Å². The monoisotopic (exact) mass is 332 g/mol. The van der Waals surface area contributed by atoms with Crippen molar-refractivity contribution in [3.05, 3.63) is 60.0 Å². The number of benzene rings is 2. The zero-order valence-electron chi connectivity index (χ0n) is 14.3. The number of ether oxygens (including phenoxy) is 1. The number of pyridine rings is 1. The van der Waals surface area contributed by atoms with Gasteiger partial charge < -0.3 is 15.0 Å². The van der Waals surface area contributed by atoms with Gasteiger partial charge in [0, 0.05) is 35.8 Å². The molecule has 2 aromatic carbocycles. The average Bonchev–Trinajstić information content (AvgIpc) is 3.03. The van der Waals surface area contributed by atoms with Crippen molar-refractivity contribution in [3.63, 3.8) is 0 Å². The van der Waals surface area contributed by atoms with Gasteiger partial charge in [-0.2, -0.15) is 0 Å². The summed E-state index contributed by atoms with van der Waals surface area (Å²) in [5.74, 6) is 1.81. The molecule has 126 valence electrons. The molecule has 4 rings (SSSR count). The van der Waals surface area contributed by atoms with Gasteiger partial charge in [0.15, 0.2) is 0 Å². The summed E-state index contributed by atoms with van der Waals surface area (Å²) >= 11 is 0. The van der Waals surface area contributed by atoms with E-state index in [9.17, 15) is 0 Å². The molecule has 0 unspecified atom stereocenters. The van der Waals surface area contributed by atoms with Crippen LogP contribution in [-0.2, 0) is 6.42 Å². The van der Waals surface area contributed by atoms with Crippen molar-refractivity contribution in [2.75, 3.05) is 19.0 Å². The summed E-state index contributed by atoms with van der Waals surface area (Å²) in [6.45, 7) is 2.80. The zero-order chi connectivity index (χ0) is 17.2. The summed E-state index contributed by atoms with van der Waals surface area (Å²) in [6.07, 6.45) is 0.827. The van der Waals surface area contributed by atoms with Crippen LogP contribution in [0.4, 0.5) is 5.69 Å². The maximum Gasteiger partial charge on any atom is 0.121 e. The van der Waals surface area contributed by atoms with Gasteiger partial charge in [0.05, 0.1) is 23.7 Å². The standard InChI is InChI=1S/C20H20N4O/c1-13-11-18(15-8-7-14(25-2)12-19(15)22-13)21-10-9-20-23-16-5-3-4-6-17(16)24-20/h3-8,11-12H,9-10H2,1-2H3,(H,21,22)(H,23,24). The normalized spacial score (nSPS) is 11.1. The Morgan fingerprint density at radius 3 is 2.76 bits per heavy atom. The molecule has 0 saturated carbocycles. The molecule has 0 aliphatic carbocycles. The summed E-state index contributed by atoms with van der Waals surface area (Å²) in [5, 5.41) is 4.61. The second kappa shape index (κ2) is 6.43. The molecule has 5 heteroatoms. The molecule has 0 bridgehead atoms. The highest BCUT2D eigenvalue weighted by Crippen LogP contribution is 2.26. The van der Waals surface area contributed by atoms with Crippen LogP contribution in [0, 0.1) is 6.92 Å². The number of para-hydroxylation sites is 2. The zero-order valence-corrected chi connectivity index (χ0v) is 14.3. The molecule has 4 aromatic rings. The van der Waals surface area contributed by atoms with Gasteiger partial charge in [-0.25, -0.2) is 4.98 Å². The van der Waals surface area contributed by atoms with E-state index < -0.39 is 0 Å². The second-order valence-corrected chi connectivity index (χ2v) is 6.07. The average molecular weight is 332 g/mol. The number of nitrogens with zero attached hydrogens (tertiary/aromatic N) is 2. The van der Waals surface area contributed by atoms with Gasteiger partial charge in [0.25, 0.3) is 0 Å². The van der Waals surface area contributed by atoms with Gasteiger partial charge in [0.2, 0.25) is 0 Å². The van der Waals surface area contributed by atoms with Crippen LogP contribution in [0.1, 0.15) is 11.5 Å². The van der Waals surface area contributed by atoms with Crippen LogP contribution in [0.3, 0.4) is 0 Å². The lowest BCUT2D eigenvalue weighted by molar-refractivity contribution is 0.415. The number of hydrogen-bond acceptors (Lipinski definition) is 4. The molecule has 0 amide bonds. The first kappa shape index (κ1) is 15.4. The quantitative estimate of drug-likeness (QED) is 0.578. The van der Waals surface area contributed by atoms with Crippen LogP contribution in [0.15, 0.2) is 48.5 Å². The number of anilines is 1. The Morgan fingerprint density at radius 2 is 1.92 bits per heavy atom. The number of fused-ring (bicyclic) bond motifs is 2. The summed E-state index contributed by atoms with van der Waals surface area (Å²) in [5.41, 5.74) is 5.09. The Bertz CT molecular complexity index is 1010. The summed E-state index contributed by atoms with van der Waals surface area (Å²) in [7, 11) is 1.67. The number of hydrogen-bond donors (Lipinski definition) is 2. The van der Waals surface area contributed by atoms with Crippen molar-refractivity contribution in [1.82, 2.24) is 15.0 Å². The largest absolute Gasteiger partial charge is 0.497 e. The Labute approximate surface area is 146 Å². The van der Waals surface area contributed by atoms with E-state index in [-0.39, 0.29) is 0 Å². The lowest BCUT2D eigenvalue weighted by Gasteiger charge is -2.11. The summed E-state index contributed by atoms with van der Waals surface area (Å²) in [4.78, 5) is 12.6. The molecule has 2 aromatic heterocycles. The van der Waals surface area contributed by atoms with Gasteiger partial charge in [0.1, 0.15) is 11.6 Å². The maximum absolute atomic E-state index is 5.30. The van der Waals surface area contributed by atoms with Gasteiger partial charge in [-0.15, -0.1) is 0 Å². The van der Waals surface area contributed by atoms with E-state index in [1.165, 1.54) is 0 Å². The second-order valence-electron chi connectivity index (χ2n) is 6.07. The lowest BCUT2D eigenvalue weighted by Crippen LogP contribution is -2.07. The number of nitrogens with one attached hydrogen (secondary N) is 2. The molecular formula is C20H20N4O. The number of H-pyrrole nitrogens is 1. The van der Waals surface area contributed by atoms with Crippen LogP contribution in [0.25, 0.3) is 21.9 Å². The third kappa shape index (κ3) is 3.13. The van der Waals surface area contributed by atoms with Crippen LogP contribution >= 0.6 is 0 Å². The molecule has 0 spiro atoms. The SMILES string of the molecule is COc1ccc2c(NCCc3nc4ccccc4[nH]3)cc(C)nc2c1. The fraction of sp³-hybridized carbons (Fsp3) is 0.200. The third-order valence-corrected chi connectivity index (χ3v) is 4.26. The molecule has 5 nitrogen and oxygen atoms in total. The van der Waals surface area contributed by atoms with Crippen LogP contribution in [0.5, 0.6) is 5.75 Å². The van der Waals surface area contributed by atoms with Crippen LogP contribution < -0.4 is 10.1 Å². The predicted molar refractivity (Wildman–Crippen MR) is 101 cm³/mol. The lowest BCUT2D eigenvalue weighted by atomic mass is 10.1. The molecule has 0 fully saturated rings. The number of aromatic amines is 1. The van der Waals surface area contributed by atoms with Gasteiger partial charge in [-0.05, 0) is 37.3 Å². The van der Waals surface area contributed by atoms with E-state index in [4.69, 9.17) is 4.74 Å². The van der Waals surface area contributed by atoms with Crippen molar-refractivity contribution >= 4 is 27.6 Å². The molecule has 0 aliphatic heterocycles. The summed E-state index contributed by atoms with van der Waals surface area (Å²) in [6, 6.07) is 16.1. The molecule has 0 radical (unpaired) electrons. The van der Waals surface area contributed by atoms with Crippen molar-refractivity contribution in [1.29, 1.82) is 0 Å². The number of aromatic nitrogens is 3. The molecule has 0 saturated heterocycles. The first-order valence-corrected chi connectivity index (χ1v) is 8.36. The third-order valence-electron chi connectivity index (χ3n) is 4.26. The fourth-order valence-corrected chi connectivity index (χ4v) is 3.05. The maximum atomic E-state index is 5.30. The molecule has 25 heavy (non-hydrogen) atoms. The minimum atomic E-state index is 0.796. The van der Waals surface area contributed by atoms with Crippen molar-refractivity contribution in [2.45, 2.75) is 13.3 Å². The molecule has 0 aliphatic rings. The molecule has 2 N–H and O–H groups in total. The van der Waals surface area contributed by atoms with Crippen molar-refractivity contribution in [2.24, 2.45) is 0 Å². The van der Waals surface area contributed by atoms with Gasteiger partial charge in [-0.3, -0.25) is 4.98 Å². The Hall–Kier alpha value is -3.08. The fourth-order valence-electron chi connectivity index (χ4n) is 3.05. The molecule has 2 heterocycles. The Kier molecular flexibility index (Phi) is 3.98. The van der Waals surface area contributed by atoms with E-state index in [1.807, 2.05) is 49.4 Å². The first-order chi connectivity index (χ1) is 12.2. The van der Waals surface area contributed by atoms with Crippen molar-refractivity contribution < 1.29 is 4.74 Å². The number of aryl methyl sites for hydroxylation is 1. The Morgan fingerprint density at radius 1 is 1.04 bits per heavy atom. The minimum Gasteiger partial charge on any atom is -0.497 e. The molecule has 0 atom stereocenters. The van der Waals surface area contributed by atoms with Crippen LogP contribution in [-0.4, -0.2) is 28.6 Å². The van der Waals surface area contributed by atoms with Gasteiger partial charge in [-0.1, -0.05) is 12.1 Å². The van der Waals surface area contributed by atoms with E-state index in [1.54, 1.807) is 7.11 Å². The predicted octanol–water partition coefficient (Wildman–Crippen LogP) is 4.08. The highest BCUT2D eigenvalue weighted by Gasteiger charge is 2.06. The van der Waals surface area contributed by atoms with Crippen LogP contribution in [0.2, 0.25) is 0 Å². The first-order valence-electron chi connectivity index (χ1n) is 8.36. The van der Waals surface area contributed by atoms with E-state index in [0.717, 1.165) is 57.9 Å². The van der Waals surface area contributed by atoms with E-state index in [0.29, 0.717) is 0 Å². The number of rotatable bonds is 5. The number of methoxy groups -OCH3 is 1. The summed E-state index contributed by atoms with van der Waals surface area (Å²) < 4.78 is 5.30. The van der Waals surface area contributed by atoms with E-state index >= 15 is 0 Å². The Balaban J connectivity index is 1.54. The highest BCUT2D eigenvalue weighted by molar-refractivity contribution is 5.92. The molecular weight excluding hydrogens is 312 g/mol. The smallest absolute Gasteiger partial charge is 0.121 e. The highest BCUT2D eigenvalue weighted by atomic mass is 16.5.